The van der Waals surface area contributed by atoms with Gasteiger partial charge in [0.15, 0.2) is 0 Å². The third kappa shape index (κ3) is 6.00. The van der Waals surface area contributed by atoms with Crippen LogP contribution >= 0.6 is 11.6 Å². The monoisotopic (exact) mass is 625 g/mol. The number of aryl methyl sites for hydroxylation is 1. The predicted octanol–water partition coefficient (Wildman–Crippen LogP) is 6.71. The summed E-state index contributed by atoms with van der Waals surface area (Å²) < 4.78 is 30.4. The zero-order valence-electron chi connectivity index (χ0n) is 25.5. The number of halogens is 1. The SMILES string of the molecule is CO[C@H]1/C=C/C[C@H](C)[C@@H](C)S(N)(=O)=NC(=O)c2ccc3c(c2)N(C[C@@H]2CCC[C@H]21)C[C@@]1(CCCc2cc(Cl)ccc21)CO3. The van der Waals surface area contributed by atoms with Crippen LogP contribution in [0.2, 0.25) is 5.02 Å². The van der Waals surface area contributed by atoms with E-state index in [1.807, 2.05) is 32.0 Å². The van der Waals surface area contributed by atoms with Gasteiger partial charge in [0.05, 0.1) is 23.6 Å². The van der Waals surface area contributed by atoms with Crippen molar-refractivity contribution >= 4 is 33.1 Å². The van der Waals surface area contributed by atoms with E-state index in [0.29, 0.717) is 30.4 Å². The van der Waals surface area contributed by atoms with E-state index in [1.54, 1.807) is 13.2 Å². The first kappa shape index (κ1) is 30.6. The fourth-order valence-corrected chi connectivity index (χ4v) is 9.37. The first-order chi connectivity index (χ1) is 20.6. The lowest BCUT2D eigenvalue weighted by Gasteiger charge is -2.42. The maximum absolute atomic E-state index is 13.5. The zero-order valence-corrected chi connectivity index (χ0v) is 27.0. The van der Waals surface area contributed by atoms with Crippen molar-refractivity contribution in [2.24, 2.45) is 27.3 Å². The minimum atomic E-state index is -3.27. The lowest BCUT2D eigenvalue weighted by molar-refractivity contribution is 0.0728. The van der Waals surface area contributed by atoms with Crippen LogP contribution in [0, 0.1) is 17.8 Å². The van der Waals surface area contributed by atoms with E-state index < -0.39 is 21.1 Å². The molecule has 2 heterocycles. The molecule has 1 amide bonds. The van der Waals surface area contributed by atoms with E-state index in [9.17, 15) is 9.00 Å². The highest BCUT2D eigenvalue weighted by Gasteiger charge is 2.43. The molecule has 7 nitrogen and oxygen atoms in total. The average molecular weight is 626 g/mol. The van der Waals surface area contributed by atoms with Crippen molar-refractivity contribution < 1.29 is 18.5 Å². The molecule has 2 aromatic carbocycles. The molecule has 4 aliphatic rings. The van der Waals surface area contributed by atoms with Gasteiger partial charge >= 0.3 is 0 Å². The molecule has 1 unspecified atom stereocenters. The Hall–Kier alpha value is -2.39. The Labute approximate surface area is 261 Å². The van der Waals surface area contributed by atoms with Crippen molar-refractivity contribution in [3.63, 3.8) is 0 Å². The molecule has 2 bridgehead atoms. The summed E-state index contributed by atoms with van der Waals surface area (Å²) in [4.78, 5) is 15.9. The lowest BCUT2D eigenvalue weighted by Crippen LogP contribution is -2.47. The number of nitrogens with two attached hydrogens (primary N) is 1. The van der Waals surface area contributed by atoms with Gasteiger partial charge < -0.3 is 14.4 Å². The number of carbonyl (C=O) groups excluding carboxylic acids is 1. The summed E-state index contributed by atoms with van der Waals surface area (Å²) in [5.41, 5.74) is 3.65. The summed E-state index contributed by atoms with van der Waals surface area (Å²) in [5.74, 6) is 0.981. The molecule has 1 saturated carbocycles. The summed E-state index contributed by atoms with van der Waals surface area (Å²) >= 11 is 6.43. The number of allylic oxidation sites excluding steroid dienone is 1. The number of hydrogen-bond donors (Lipinski definition) is 1. The van der Waals surface area contributed by atoms with E-state index in [4.69, 9.17) is 26.2 Å². The molecular formula is C34H44ClN3O4S. The molecule has 0 saturated heterocycles. The van der Waals surface area contributed by atoms with Crippen LogP contribution in [-0.4, -0.2) is 48.3 Å². The van der Waals surface area contributed by atoms with Gasteiger partial charge in [0.25, 0.3) is 5.91 Å². The fraction of sp³-hybridized carbons (Fsp3) is 0.559. The number of hydrogen-bond acceptors (Lipinski definition) is 5. The molecule has 6 rings (SSSR count). The van der Waals surface area contributed by atoms with Crippen LogP contribution in [0.3, 0.4) is 0 Å². The number of fused-ring (bicyclic) bond motifs is 4. The minimum absolute atomic E-state index is 0.00282. The van der Waals surface area contributed by atoms with Crippen molar-refractivity contribution in [1.82, 2.24) is 0 Å². The first-order valence-corrected chi connectivity index (χ1v) is 17.7. The van der Waals surface area contributed by atoms with Gasteiger partial charge in [0, 0.05) is 36.2 Å². The topological polar surface area (TPSA) is 94.2 Å². The van der Waals surface area contributed by atoms with Gasteiger partial charge in [-0.05, 0) is 105 Å². The van der Waals surface area contributed by atoms with Crippen LogP contribution in [0.25, 0.3) is 0 Å². The Balaban J connectivity index is 1.47. The van der Waals surface area contributed by atoms with E-state index in [0.717, 1.165) is 68.1 Å². The summed E-state index contributed by atoms with van der Waals surface area (Å²) in [5, 5.41) is 6.55. The lowest BCUT2D eigenvalue weighted by atomic mass is 9.70. The van der Waals surface area contributed by atoms with E-state index in [1.165, 1.54) is 11.1 Å². The number of anilines is 1. The Morgan fingerprint density at radius 1 is 1.16 bits per heavy atom. The third-order valence-corrected chi connectivity index (χ3v) is 12.8. The summed E-state index contributed by atoms with van der Waals surface area (Å²) in [7, 11) is -1.47. The largest absolute Gasteiger partial charge is 0.490 e. The van der Waals surface area contributed by atoms with Crippen LogP contribution in [0.5, 0.6) is 5.75 Å². The summed E-state index contributed by atoms with van der Waals surface area (Å²) in [6.07, 6.45) is 11.5. The van der Waals surface area contributed by atoms with Gasteiger partial charge in [-0.1, -0.05) is 43.2 Å². The van der Waals surface area contributed by atoms with E-state index in [2.05, 4.69) is 33.5 Å². The molecule has 0 radical (unpaired) electrons. The van der Waals surface area contributed by atoms with E-state index in [-0.39, 0.29) is 17.4 Å². The first-order valence-electron chi connectivity index (χ1n) is 15.7. The number of amides is 1. The normalized spacial score (nSPS) is 35.3. The molecular weight excluding hydrogens is 582 g/mol. The smallest absolute Gasteiger partial charge is 0.286 e. The molecule has 1 spiro atoms. The third-order valence-electron chi connectivity index (χ3n) is 10.5. The quantitative estimate of drug-likeness (QED) is 0.356. The van der Waals surface area contributed by atoms with Gasteiger partial charge in [-0.15, -0.1) is 4.36 Å². The highest BCUT2D eigenvalue weighted by molar-refractivity contribution is 7.92. The number of carbonyl (C=O) groups is 1. The van der Waals surface area contributed by atoms with Crippen LogP contribution in [0.4, 0.5) is 5.69 Å². The highest BCUT2D eigenvalue weighted by atomic mass is 35.5. The van der Waals surface area contributed by atoms with Gasteiger partial charge in [-0.3, -0.25) is 4.79 Å². The van der Waals surface area contributed by atoms with Crippen LogP contribution in [-0.2, 0) is 26.5 Å². The molecule has 2 N–H and O–H groups in total. The van der Waals surface area contributed by atoms with E-state index >= 15 is 0 Å². The number of methoxy groups -OCH3 is 1. The number of nitrogens with zero attached hydrogens (tertiary/aromatic N) is 2. The maximum atomic E-state index is 13.5. The number of benzene rings is 2. The van der Waals surface area contributed by atoms with Crippen LogP contribution < -0.4 is 14.8 Å². The highest BCUT2D eigenvalue weighted by Crippen LogP contribution is 2.46. The number of rotatable bonds is 1. The van der Waals surface area contributed by atoms with Gasteiger partial charge in [-0.2, -0.15) is 0 Å². The van der Waals surface area contributed by atoms with Crippen molar-refractivity contribution in [3.05, 3.63) is 70.3 Å². The molecule has 7 atom stereocenters. The molecule has 2 aromatic rings. The van der Waals surface area contributed by atoms with Crippen LogP contribution in [0.15, 0.2) is 52.9 Å². The maximum Gasteiger partial charge on any atom is 0.286 e. The second kappa shape index (κ2) is 12.2. The molecule has 0 aromatic heterocycles. The Morgan fingerprint density at radius 3 is 2.81 bits per heavy atom. The summed E-state index contributed by atoms with van der Waals surface area (Å²) in [6, 6.07) is 11.8. The average Bonchev–Trinajstić information content (AvgIpc) is 3.38. The molecule has 9 heteroatoms. The van der Waals surface area contributed by atoms with Gasteiger partial charge in [0.2, 0.25) is 0 Å². The van der Waals surface area contributed by atoms with Crippen molar-refractivity contribution in [2.45, 2.75) is 75.6 Å². The van der Waals surface area contributed by atoms with Crippen molar-refractivity contribution in [3.8, 4) is 5.75 Å². The zero-order chi connectivity index (χ0) is 30.4. The molecule has 1 fully saturated rings. The second-order valence-electron chi connectivity index (χ2n) is 13.2. The van der Waals surface area contributed by atoms with Crippen molar-refractivity contribution in [2.75, 3.05) is 31.7 Å². The molecule has 232 valence electrons. The number of ether oxygens (including phenoxy) is 2. The Kier molecular flexibility index (Phi) is 8.68. The predicted molar refractivity (Wildman–Crippen MR) is 173 cm³/mol. The second-order valence-corrected chi connectivity index (χ2v) is 15.8. The van der Waals surface area contributed by atoms with Crippen LogP contribution in [0.1, 0.15) is 73.9 Å². The fourth-order valence-electron chi connectivity index (χ4n) is 7.87. The Bertz CT molecular complexity index is 1540. The van der Waals surface area contributed by atoms with Gasteiger partial charge in [0.1, 0.15) is 15.7 Å². The molecule has 2 aliphatic heterocycles. The molecule has 2 aliphatic carbocycles. The minimum Gasteiger partial charge on any atom is -0.490 e. The standard InChI is InChI=1S/C34H44ClN3O4S/c1-22-7-4-11-31(41-3)28-10-5-8-26(28)19-38-20-34(16-6-9-24-17-27(35)13-14-29(24)34)21-42-32-15-12-25(18-30(32)38)33(39)37-43(36,40)23(22)2/h4,11-15,17-18,22-23,26,28,31H,5-10,16,19-21H2,1-3H3,(H2,36,37,39,40)/b11-4+/t22-,23+,26-,28+,31-,34-,43?/m0/s1. The van der Waals surface area contributed by atoms with Gasteiger partial charge in [-0.25, -0.2) is 9.35 Å². The molecule has 43 heavy (non-hydrogen) atoms. The summed E-state index contributed by atoms with van der Waals surface area (Å²) in [6.45, 7) is 5.97. The van der Waals surface area contributed by atoms with Crippen molar-refractivity contribution in [1.29, 1.82) is 0 Å². The Morgan fingerprint density at radius 2 is 2.00 bits per heavy atom.